The van der Waals surface area contributed by atoms with Gasteiger partial charge in [-0.2, -0.15) is 0 Å². The summed E-state index contributed by atoms with van der Waals surface area (Å²) in [4.78, 5) is 0. The number of hydrogen-bond acceptors (Lipinski definition) is 5. The molecule has 0 radical (unpaired) electrons. The van der Waals surface area contributed by atoms with Crippen LogP contribution in [0.15, 0.2) is 47.1 Å². The van der Waals surface area contributed by atoms with E-state index in [1.807, 2.05) is 49.5 Å². The number of nitrogens with one attached hydrogen (secondary N) is 1. The fourth-order valence-electron chi connectivity index (χ4n) is 2.16. The van der Waals surface area contributed by atoms with Crippen LogP contribution in [-0.2, 0) is 12.1 Å². The molecule has 22 heavy (non-hydrogen) atoms. The second kappa shape index (κ2) is 5.73. The van der Waals surface area contributed by atoms with E-state index in [4.69, 9.17) is 4.52 Å². The van der Waals surface area contributed by atoms with Crippen LogP contribution in [-0.4, -0.2) is 20.2 Å². The fraction of sp³-hybridized carbons (Fsp3) is 0.312. The molecule has 6 heteroatoms. The first-order valence-corrected chi connectivity index (χ1v) is 7.20. The number of hydrogen-bond donors (Lipinski definition) is 1. The number of aromatic nitrogens is 4. The minimum Gasteiger partial charge on any atom is -0.361 e. The number of nitrogens with zero attached hydrogens (tertiary/aromatic N) is 4. The monoisotopic (exact) mass is 297 g/mol. The SMILES string of the molecule is Cc1cc(CNC(C)(C)c2cn(-c3ccccc3)nn2)no1. The summed E-state index contributed by atoms with van der Waals surface area (Å²) in [6, 6.07) is 11.9. The molecule has 0 saturated carbocycles. The molecule has 0 amide bonds. The standard InChI is InChI=1S/C16H19N5O/c1-12-9-13(19-22-12)10-17-16(2,3)15-11-21(20-18-15)14-7-5-4-6-8-14/h4-9,11,17H,10H2,1-3H3. The lowest BCUT2D eigenvalue weighted by Gasteiger charge is -2.22. The second-order valence-corrected chi connectivity index (χ2v) is 5.79. The minimum absolute atomic E-state index is 0.320. The summed E-state index contributed by atoms with van der Waals surface area (Å²) in [5.74, 6) is 0.810. The molecule has 0 spiro atoms. The summed E-state index contributed by atoms with van der Waals surface area (Å²) in [5.41, 5.74) is 2.42. The molecule has 3 aromatic rings. The Morgan fingerprint density at radius 1 is 1.23 bits per heavy atom. The molecule has 0 aliphatic heterocycles. The van der Waals surface area contributed by atoms with Crippen LogP contribution in [0.25, 0.3) is 5.69 Å². The van der Waals surface area contributed by atoms with Crippen molar-refractivity contribution in [2.45, 2.75) is 32.9 Å². The van der Waals surface area contributed by atoms with Crippen LogP contribution >= 0.6 is 0 Å². The third-order valence-electron chi connectivity index (χ3n) is 3.54. The van der Waals surface area contributed by atoms with E-state index in [0.717, 1.165) is 22.8 Å². The third kappa shape index (κ3) is 3.07. The molecule has 0 aliphatic carbocycles. The first kappa shape index (κ1) is 14.5. The van der Waals surface area contributed by atoms with Gasteiger partial charge in [-0.05, 0) is 32.9 Å². The van der Waals surface area contributed by atoms with Crippen molar-refractivity contribution in [2.24, 2.45) is 0 Å². The molecule has 2 heterocycles. The van der Waals surface area contributed by atoms with Crippen LogP contribution in [0.3, 0.4) is 0 Å². The summed E-state index contributed by atoms with van der Waals surface area (Å²) in [6.45, 7) is 6.63. The molecular weight excluding hydrogens is 278 g/mol. The van der Waals surface area contributed by atoms with Crippen LogP contribution in [0, 0.1) is 6.92 Å². The molecule has 1 aromatic carbocycles. The van der Waals surface area contributed by atoms with Crippen molar-refractivity contribution < 1.29 is 4.52 Å². The van der Waals surface area contributed by atoms with Gasteiger partial charge in [-0.25, -0.2) is 4.68 Å². The van der Waals surface area contributed by atoms with Crippen molar-refractivity contribution in [1.29, 1.82) is 0 Å². The minimum atomic E-state index is -0.320. The Balaban J connectivity index is 1.73. The van der Waals surface area contributed by atoms with Gasteiger partial charge in [-0.3, -0.25) is 0 Å². The highest BCUT2D eigenvalue weighted by molar-refractivity contribution is 5.30. The van der Waals surface area contributed by atoms with Gasteiger partial charge in [-0.1, -0.05) is 28.6 Å². The van der Waals surface area contributed by atoms with Gasteiger partial charge in [0.2, 0.25) is 0 Å². The summed E-state index contributed by atoms with van der Waals surface area (Å²) in [6.07, 6.45) is 1.94. The van der Waals surface area contributed by atoms with Crippen LogP contribution in [0.5, 0.6) is 0 Å². The average molecular weight is 297 g/mol. The molecular formula is C16H19N5O. The van der Waals surface area contributed by atoms with Gasteiger partial charge in [0.25, 0.3) is 0 Å². The first-order valence-electron chi connectivity index (χ1n) is 7.20. The van der Waals surface area contributed by atoms with E-state index in [-0.39, 0.29) is 5.54 Å². The number of para-hydroxylation sites is 1. The second-order valence-electron chi connectivity index (χ2n) is 5.79. The lowest BCUT2D eigenvalue weighted by atomic mass is 10.0. The van der Waals surface area contributed by atoms with Crippen molar-refractivity contribution in [2.75, 3.05) is 0 Å². The van der Waals surface area contributed by atoms with Gasteiger partial charge in [0.1, 0.15) is 11.5 Å². The lowest BCUT2D eigenvalue weighted by molar-refractivity contribution is 0.362. The quantitative estimate of drug-likeness (QED) is 0.784. The van der Waals surface area contributed by atoms with Gasteiger partial charge >= 0.3 is 0 Å². The predicted molar refractivity (Wildman–Crippen MR) is 82.5 cm³/mol. The van der Waals surface area contributed by atoms with Gasteiger partial charge in [-0.15, -0.1) is 5.10 Å². The van der Waals surface area contributed by atoms with Crippen LogP contribution in [0.2, 0.25) is 0 Å². The average Bonchev–Trinajstić information content (AvgIpc) is 3.15. The summed E-state index contributed by atoms with van der Waals surface area (Å²) in [7, 11) is 0. The summed E-state index contributed by atoms with van der Waals surface area (Å²) in [5, 5.41) is 15.9. The van der Waals surface area contributed by atoms with Gasteiger partial charge in [0, 0.05) is 12.6 Å². The van der Waals surface area contributed by atoms with Crippen molar-refractivity contribution in [3.8, 4) is 5.69 Å². The zero-order valence-corrected chi connectivity index (χ0v) is 12.9. The van der Waals surface area contributed by atoms with E-state index >= 15 is 0 Å². The molecule has 0 fully saturated rings. The molecule has 0 atom stereocenters. The Bertz CT molecular complexity index is 745. The molecule has 0 saturated heterocycles. The number of aryl methyl sites for hydroxylation is 1. The van der Waals surface area contributed by atoms with E-state index in [1.54, 1.807) is 4.68 Å². The molecule has 1 N–H and O–H groups in total. The Kier molecular flexibility index (Phi) is 3.77. The van der Waals surface area contributed by atoms with Crippen LogP contribution in [0.4, 0.5) is 0 Å². The zero-order valence-electron chi connectivity index (χ0n) is 12.9. The van der Waals surface area contributed by atoms with E-state index in [0.29, 0.717) is 6.54 Å². The molecule has 6 nitrogen and oxygen atoms in total. The fourth-order valence-corrected chi connectivity index (χ4v) is 2.16. The molecule has 114 valence electrons. The normalized spacial score (nSPS) is 11.8. The topological polar surface area (TPSA) is 68.8 Å². The van der Waals surface area contributed by atoms with E-state index in [9.17, 15) is 0 Å². The molecule has 3 rings (SSSR count). The van der Waals surface area contributed by atoms with Gasteiger partial charge < -0.3 is 9.84 Å². The van der Waals surface area contributed by atoms with Gasteiger partial charge in [0.15, 0.2) is 0 Å². The van der Waals surface area contributed by atoms with E-state index in [2.05, 4.69) is 34.6 Å². The smallest absolute Gasteiger partial charge is 0.133 e. The lowest BCUT2D eigenvalue weighted by Crippen LogP contribution is -2.36. The number of benzene rings is 1. The first-order chi connectivity index (χ1) is 10.5. The molecule has 2 aromatic heterocycles. The maximum Gasteiger partial charge on any atom is 0.133 e. The number of rotatable bonds is 5. The van der Waals surface area contributed by atoms with Crippen LogP contribution < -0.4 is 5.32 Å². The highest BCUT2D eigenvalue weighted by atomic mass is 16.5. The van der Waals surface area contributed by atoms with E-state index < -0.39 is 0 Å². The highest BCUT2D eigenvalue weighted by Gasteiger charge is 2.24. The summed E-state index contributed by atoms with van der Waals surface area (Å²) < 4.78 is 6.85. The largest absolute Gasteiger partial charge is 0.361 e. The third-order valence-corrected chi connectivity index (χ3v) is 3.54. The molecule has 0 aliphatic rings. The summed E-state index contributed by atoms with van der Waals surface area (Å²) >= 11 is 0. The zero-order chi connectivity index (χ0) is 15.6. The van der Waals surface area contributed by atoms with E-state index in [1.165, 1.54) is 0 Å². The van der Waals surface area contributed by atoms with Crippen molar-refractivity contribution in [3.63, 3.8) is 0 Å². The Hall–Kier alpha value is -2.47. The van der Waals surface area contributed by atoms with Crippen LogP contribution in [0.1, 0.15) is 31.0 Å². The predicted octanol–water partition coefficient (Wildman–Crippen LogP) is 2.59. The van der Waals surface area contributed by atoms with Crippen molar-refractivity contribution in [1.82, 2.24) is 25.5 Å². The Morgan fingerprint density at radius 2 is 2.00 bits per heavy atom. The van der Waals surface area contributed by atoms with Gasteiger partial charge in [0.05, 0.1) is 23.1 Å². The highest BCUT2D eigenvalue weighted by Crippen LogP contribution is 2.19. The maximum atomic E-state index is 5.08. The maximum absolute atomic E-state index is 5.08. The Morgan fingerprint density at radius 3 is 2.68 bits per heavy atom. The van der Waals surface area contributed by atoms with Crippen molar-refractivity contribution >= 4 is 0 Å². The van der Waals surface area contributed by atoms with Crippen molar-refractivity contribution in [3.05, 3.63) is 59.7 Å². The molecule has 0 bridgehead atoms. The molecule has 0 unspecified atom stereocenters. The Labute approximate surface area is 129 Å².